The third kappa shape index (κ3) is 6.85. The summed E-state index contributed by atoms with van der Waals surface area (Å²) in [7, 11) is 0. The van der Waals surface area contributed by atoms with Crippen LogP contribution in [-0.4, -0.2) is 12.6 Å². The van der Waals surface area contributed by atoms with Crippen LogP contribution in [0.15, 0.2) is 28.7 Å². The number of benzene rings is 1. The van der Waals surface area contributed by atoms with Gasteiger partial charge < -0.3 is 5.32 Å². The van der Waals surface area contributed by atoms with Crippen LogP contribution < -0.4 is 5.32 Å². The highest BCUT2D eigenvalue weighted by atomic mass is 79.9. The van der Waals surface area contributed by atoms with Gasteiger partial charge in [-0.25, -0.2) is 0 Å². The van der Waals surface area contributed by atoms with Gasteiger partial charge in [-0.05, 0) is 56.3 Å². The van der Waals surface area contributed by atoms with Crippen LogP contribution in [0.25, 0.3) is 0 Å². The van der Waals surface area contributed by atoms with Crippen molar-refractivity contribution in [2.45, 2.75) is 46.1 Å². The first-order valence-electron chi connectivity index (χ1n) is 6.55. The molecule has 0 aliphatic rings. The molecule has 0 spiro atoms. The molecule has 0 aliphatic carbocycles. The van der Waals surface area contributed by atoms with Crippen LogP contribution in [0.3, 0.4) is 0 Å². The van der Waals surface area contributed by atoms with E-state index in [2.05, 4.69) is 66.3 Å². The maximum absolute atomic E-state index is 3.59. The van der Waals surface area contributed by atoms with Crippen LogP contribution >= 0.6 is 15.9 Å². The van der Waals surface area contributed by atoms with Gasteiger partial charge >= 0.3 is 0 Å². The maximum Gasteiger partial charge on any atom is 0.0175 e. The van der Waals surface area contributed by atoms with Crippen molar-refractivity contribution in [3.05, 3.63) is 34.3 Å². The topological polar surface area (TPSA) is 12.0 Å². The number of rotatable bonds is 7. The van der Waals surface area contributed by atoms with E-state index < -0.39 is 0 Å². The monoisotopic (exact) mass is 297 g/mol. The Bertz CT molecular complexity index is 305. The second-order valence-corrected chi connectivity index (χ2v) is 6.14. The summed E-state index contributed by atoms with van der Waals surface area (Å²) in [4.78, 5) is 0. The molecule has 1 aromatic rings. The summed E-state index contributed by atoms with van der Waals surface area (Å²) in [6, 6.07) is 9.16. The molecule has 0 radical (unpaired) electrons. The van der Waals surface area contributed by atoms with Crippen LogP contribution in [0.4, 0.5) is 0 Å². The minimum Gasteiger partial charge on any atom is -0.314 e. The average molecular weight is 298 g/mol. The Hall–Kier alpha value is -0.340. The van der Waals surface area contributed by atoms with Gasteiger partial charge in [0.25, 0.3) is 0 Å². The third-order valence-electron chi connectivity index (χ3n) is 2.91. The largest absolute Gasteiger partial charge is 0.314 e. The number of halogens is 1. The van der Waals surface area contributed by atoms with Gasteiger partial charge in [0.05, 0.1) is 0 Å². The molecule has 1 rings (SSSR count). The minimum absolute atomic E-state index is 0.559. The molecule has 0 aromatic heterocycles. The lowest BCUT2D eigenvalue weighted by atomic mass is 10.1. The summed E-state index contributed by atoms with van der Waals surface area (Å²) < 4.78 is 1.15. The Balaban J connectivity index is 2.20. The summed E-state index contributed by atoms with van der Waals surface area (Å²) >= 11 is 3.46. The van der Waals surface area contributed by atoms with Crippen LogP contribution in [0.2, 0.25) is 0 Å². The van der Waals surface area contributed by atoms with E-state index in [9.17, 15) is 0 Å². The second-order valence-electron chi connectivity index (χ2n) is 5.22. The van der Waals surface area contributed by atoms with Gasteiger partial charge in [-0.1, -0.05) is 41.9 Å². The van der Waals surface area contributed by atoms with E-state index in [0.717, 1.165) is 23.4 Å². The molecular formula is C15H24BrN. The summed E-state index contributed by atoms with van der Waals surface area (Å²) in [6.07, 6.45) is 3.70. The molecule has 96 valence electrons. The molecule has 0 amide bonds. The van der Waals surface area contributed by atoms with Crippen molar-refractivity contribution in [1.82, 2.24) is 5.32 Å². The highest BCUT2D eigenvalue weighted by Gasteiger charge is 2.03. The van der Waals surface area contributed by atoms with Crippen LogP contribution in [-0.2, 0) is 6.42 Å². The lowest BCUT2D eigenvalue weighted by Crippen LogP contribution is -2.29. The van der Waals surface area contributed by atoms with Crippen molar-refractivity contribution >= 4 is 15.9 Å². The molecule has 0 saturated carbocycles. The van der Waals surface area contributed by atoms with E-state index in [1.807, 2.05) is 0 Å². The third-order valence-corrected chi connectivity index (χ3v) is 3.43. The maximum atomic E-state index is 3.59. The number of hydrogen-bond acceptors (Lipinski definition) is 1. The molecular weight excluding hydrogens is 274 g/mol. The minimum atomic E-state index is 0.559. The van der Waals surface area contributed by atoms with Crippen molar-refractivity contribution in [3.63, 3.8) is 0 Å². The van der Waals surface area contributed by atoms with Crippen molar-refractivity contribution in [1.29, 1.82) is 0 Å². The van der Waals surface area contributed by atoms with Gasteiger partial charge in [0.1, 0.15) is 0 Å². The first kappa shape index (κ1) is 14.7. The fraction of sp³-hybridized carbons (Fsp3) is 0.600. The summed E-state index contributed by atoms with van der Waals surface area (Å²) in [5, 5.41) is 3.59. The van der Waals surface area contributed by atoms with E-state index >= 15 is 0 Å². The molecule has 0 fully saturated rings. The smallest absolute Gasteiger partial charge is 0.0175 e. The van der Waals surface area contributed by atoms with Gasteiger partial charge in [0.2, 0.25) is 0 Å². The molecule has 0 heterocycles. The van der Waals surface area contributed by atoms with Crippen molar-refractivity contribution in [2.75, 3.05) is 6.54 Å². The molecule has 0 aliphatic heterocycles. The summed E-state index contributed by atoms with van der Waals surface area (Å²) in [5.41, 5.74) is 1.40. The predicted octanol–water partition coefficient (Wildman–Crippen LogP) is 4.41. The van der Waals surface area contributed by atoms with Crippen molar-refractivity contribution in [3.8, 4) is 0 Å². The molecule has 0 saturated heterocycles. The molecule has 2 heteroatoms. The molecule has 1 aromatic carbocycles. The average Bonchev–Trinajstić information content (AvgIpc) is 2.27. The molecule has 1 nitrogen and oxygen atoms in total. The number of nitrogens with one attached hydrogen (secondary N) is 1. The Morgan fingerprint density at radius 2 is 1.76 bits per heavy atom. The molecule has 0 bridgehead atoms. The van der Waals surface area contributed by atoms with Gasteiger partial charge in [0, 0.05) is 10.5 Å². The highest BCUT2D eigenvalue weighted by Crippen LogP contribution is 2.12. The molecule has 1 unspecified atom stereocenters. The predicted molar refractivity (Wildman–Crippen MR) is 79.4 cm³/mol. The lowest BCUT2D eigenvalue weighted by molar-refractivity contribution is 0.487. The Kier molecular flexibility index (Phi) is 6.83. The zero-order valence-corrected chi connectivity index (χ0v) is 12.8. The number of hydrogen-bond donors (Lipinski definition) is 1. The zero-order chi connectivity index (χ0) is 12.7. The fourth-order valence-corrected chi connectivity index (χ4v) is 2.17. The quantitative estimate of drug-likeness (QED) is 0.735. The normalized spacial score (nSPS) is 13.0. The fourth-order valence-electron chi connectivity index (χ4n) is 1.90. The van der Waals surface area contributed by atoms with E-state index in [4.69, 9.17) is 0 Å². The van der Waals surface area contributed by atoms with Gasteiger partial charge in [-0.2, -0.15) is 0 Å². The molecule has 1 atom stereocenters. The SMILES string of the molecule is CC(C)CCCNC(C)Cc1ccc(Br)cc1. The Labute approximate surface area is 114 Å². The van der Waals surface area contributed by atoms with Crippen LogP contribution in [0.1, 0.15) is 39.2 Å². The van der Waals surface area contributed by atoms with E-state index in [0.29, 0.717) is 6.04 Å². The standard InChI is InChI=1S/C15H24BrN/c1-12(2)5-4-10-17-13(3)11-14-6-8-15(16)9-7-14/h6-9,12-13,17H,4-5,10-11H2,1-3H3. The van der Waals surface area contributed by atoms with E-state index in [1.54, 1.807) is 0 Å². The summed E-state index contributed by atoms with van der Waals surface area (Å²) in [6.45, 7) is 7.96. The lowest BCUT2D eigenvalue weighted by Gasteiger charge is -2.14. The Morgan fingerprint density at radius 3 is 2.35 bits per heavy atom. The van der Waals surface area contributed by atoms with Gasteiger partial charge in [-0.15, -0.1) is 0 Å². The van der Waals surface area contributed by atoms with Crippen LogP contribution in [0, 0.1) is 5.92 Å². The van der Waals surface area contributed by atoms with Gasteiger partial charge in [0.15, 0.2) is 0 Å². The van der Waals surface area contributed by atoms with Crippen molar-refractivity contribution in [2.24, 2.45) is 5.92 Å². The zero-order valence-electron chi connectivity index (χ0n) is 11.2. The molecule has 17 heavy (non-hydrogen) atoms. The highest BCUT2D eigenvalue weighted by molar-refractivity contribution is 9.10. The first-order chi connectivity index (χ1) is 8.08. The first-order valence-corrected chi connectivity index (χ1v) is 7.35. The second kappa shape index (κ2) is 7.88. The van der Waals surface area contributed by atoms with Gasteiger partial charge in [-0.3, -0.25) is 0 Å². The summed E-state index contributed by atoms with van der Waals surface area (Å²) in [5.74, 6) is 0.818. The van der Waals surface area contributed by atoms with E-state index in [-0.39, 0.29) is 0 Å². The van der Waals surface area contributed by atoms with Crippen LogP contribution in [0.5, 0.6) is 0 Å². The molecule has 1 N–H and O–H groups in total. The Morgan fingerprint density at radius 1 is 1.12 bits per heavy atom. The van der Waals surface area contributed by atoms with Crippen molar-refractivity contribution < 1.29 is 0 Å². The van der Waals surface area contributed by atoms with E-state index in [1.165, 1.54) is 18.4 Å².